The third kappa shape index (κ3) is 3.79. The lowest BCUT2D eigenvalue weighted by molar-refractivity contribution is 0.0662. The van der Waals surface area contributed by atoms with Crippen LogP contribution in [0.1, 0.15) is 20.3 Å². The lowest BCUT2D eigenvalue weighted by Gasteiger charge is -2.17. The molecule has 3 aromatic rings. The maximum atomic E-state index is 15.2. The SMILES string of the molecule is Cn1c(=O)n(CCC(C)(C)O)c2c(F)c(Nc3nc(F)ncc3Cl)ccc21. The maximum absolute atomic E-state index is 15.2. The Labute approximate surface area is 158 Å². The number of anilines is 2. The van der Waals surface area contributed by atoms with Crippen molar-refractivity contribution in [3.63, 3.8) is 0 Å². The lowest BCUT2D eigenvalue weighted by Crippen LogP contribution is -2.27. The monoisotopic (exact) mass is 397 g/mol. The van der Waals surface area contributed by atoms with E-state index in [1.165, 1.54) is 22.2 Å². The van der Waals surface area contributed by atoms with Crippen molar-refractivity contribution in [3.8, 4) is 0 Å². The van der Waals surface area contributed by atoms with Gasteiger partial charge in [0.2, 0.25) is 0 Å². The van der Waals surface area contributed by atoms with Crippen LogP contribution in [0.25, 0.3) is 11.0 Å². The Morgan fingerprint density at radius 3 is 2.70 bits per heavy atom. The number of hydrogen-bond donors (Lipinski definition) is 2. The summed E-state index contributed by atoms with van der Waals surface area (Å²) in [5.74, 6) is -0.806. The van der Waals surface area contributed by atoms with Crippen LogP contribution in [-0.4, -0.2) is 29.8 Å². The summed E-state index contributed by atoms with van der Waals surface area (Å²) in [6.45, 7) is 3.35. The molecule has 2 heterocycles. The minimum Gasteiger partial charge on any atom is -0.390 e. The number of fused-ring (bicyclic) bond motifs is 1. The first-order valence-corrected chi connectivity index (χ1v) is 8.51. The van der Waals surface area contributed by atoms with Gasteiger partial charge in [0.15, 0.2) is 11.6 Å². The largest absolute Gasteiger partial charge is 0.390 e. The van der Waals surface area contributed by atoms with Crippen LogP contribution in [0.3, 0.4) is 0 Å². The molecule has 0 saturated heterocycles. The molecule has 0 spiro atoms. The topological polar surface area (TPSA) is 85.0 Å². The number of aliphatic hydroxyl groups is 1. The second-order valence-corrected chi connectivity index (χ2v) is 7.22. The minimum absolute atomic E-state index is 0.0170. The Morgan fingerprint density at radius 1 is 1.33 bits per heavy atom. The van der Waals surface area contributed by atoms with Gasteiger partial charge < -0.3 is 10.4 Å². The Morgan fingerprint density at radius 2 is 2.04 bits per heavy atom. The number of halogens is 3. The first kappa shape index (κ1) is 19.2. The van der Waals surface area contributed by atoms with Crippen molar-refractivity contribution < 1.29 is 13.9 Å². The molecule has 0 unspecified atom stereocenters. The van der Waals surface area contributed by atoms with Crippen LogP contribution < -0.4 is 11.0 Å². The smallest absolute Gasteiger partial charge is 0.328 e. The third-order valence-electron chi connectivity index (χ3n) is 4.16. The zero-order valence-electron chi connectivity index (χ0n) is 14.9. The maximum Gasteiger partial charge on any atom is 0.328 e. The molecule has 0 aliphatic heterocycles. The molecule has 0 aliphatic carbocycles. The van der Waals surface area contributed by atoms with E-state index < -0.39 is 23.2 Å². The summed E-state index contributed by atoms with van der Waals surface area (Å²) in [5.41, 5.74) is -0.984. The van der Waals surface area contributed by atoms with Gasteiger partial charge in [0.25, 0.3) is 0 Å². The number of rotatable bonds is 5. The highest BCUT2D eigenvalue weighted by molar-refractivity contribution is 6.32. The van der Waals surface area contributed by atoms with Crippen molar-refractivity contribution in [1.82, 2.24) is 19.1 Å². The summed E-state index contributed by atoms with van der Waals surface area (Å²) >= 11 is 5.91. The summed E-state index contributed by atoms with van der Waals surface area (Å²) in [4.78, 5) is 19.3. The van der Waals surface area contributed by atoms with Crippen molar-refractivity contribution in [3.05, 3.63) is 45.7 Å². The molecule has 0 bridgehead atoms. The molecule has 2 N–H and O–H groups in total. The fourth-order valence-corrected chi connectivity index (χ4v) is 2.85. The van der Waals surface area contributed by atoms with Crippen molar-refractivity contribution >= 4 is 34.1 Å². The van der Waals surface area contributed by atoms with Crippen LogP contribution in [0.2, 0.25) is 5.02 Å². The molecule has 0 radical (unpaired) electrons. The van der Waals surface area contributed by atoms with Gasteiger partial charge in [0.1, 0.15) is 10.5 Å². The summed E-state index contributed by atoms with van der Waals surface area (Å²) in [6, 6.07) is 2.97. The fraction of sp³-hybridized carbons (Fsp3) is 0.353. The van der Waals surface area contributed by atoms with Gasteiger partial charge in [-0.05, 0) is 32.4 Å². The van der Waals surface area contributed by atoms with Crippen LogP contribution >= 0.6 is 11.6 Å². The van der Waals surface area contributed by atoms with Gasteiger partial charge in [-0.15, -0.1) is 0 Å². The molecular formula is C17H18ClF2N5O2. The Kier molecular flexibility index (Phi) is 4.92. The Hall–Kier alpha value is -2.52. The van der Waals surface area contributed by atoms with Gasteiger partial charge in [-0.3, -0.25) is 9.13 Å². The third-order valence-corrected chi connectivity index (χ3v) is 4.44. The number of hydrogen-bond acceptors (Lipinski definition) is 5. The zero-order valence-corrected chi connectivity index (χ0v) is 15.7. The molecule has 7 nitrogen and oxygen atoms in total. The van der Waals surface area contributed by atoms with Crippen molar-refractivity contribution in [2.75, 3.05) is 5.32 Å². The van der Waals surface area contributed by atoms with Crippen molar-refractivity contribution in [2.24, 2.45) is 7.05 Å². The molecular weight excluding hydrogens is 380 g/mol. The van der Waals surface area contributed by atoms with E-state index in [9.17, 15) is 14.3 Å². The van der Waals surface area contributed by atoms with E-state index >= 15 is 4.39 Å². The molecule has 1 aromatic carbocycles. The number of nitrogens with zero attached hydrogens (tertiary/aromatic N) is 4. The van der Waals surface area contributed by atoms with Crippen LogP contribution in [-0.2, 0) is 13.6 Å². The van der Waals surface area contributed by atoms with Gasteiger partial charge in [0.05, 0.1) is 23.0 Å². The molecule has 2 aromatic heterocycles. The molecule has 0 saturated carbocycles. The predicted octanol–water partition coefficient (Wildman–Crippen LogP) is 2.97. The molecule has 0 amide bonds. The molecule has 0 atom stereocenters. The van der Waals surface area contributed by atoms with E-state index in [4.69, 9.17) is 11.6 Å². The molecule has 0 fully saturated rings. The standard InChI is InChI=1S/C17H18ClF2N5O2/c1-17(2,27)6-7-25-13-11(24(3)16(25)26)5-4-10(12(13)19)22-14-9(18)8-21-15(20)23-14/h4-5,8,27H,6-7H2,1-3H3,(H,21,22,23). The first-order valence-electron chi connectivity index (χ1n) is 8.13. The van der Waals surface area contributed by atoms with Gasteiger partial charge in [0, 0.05) is 13.6 Å². The molecule has 27 heavy (non-hydrogen) atoms. The van der Waals surface area contributed by atoms with E-state index in [0.717, 1.165) is 6.20 Å². The predicted molar refractivity (Wildman–Crippen MR) is 98.3 cm³/mol. The number of imidazole rings is 1. The lowest BCUT2D eigenvalue weighted by atomic mass is 10.1. The van der Waals surface area contributed by atoms with Gasteiger partial charge in [-0.1, -0.05) is 11.6 Å². The summed E-state index contributed by atoms with van der Waals surface area (Å²) in [6.07, 6.45) is 0.307. The van der Waals surface area contributed by atoms with Gasteiger partial charge >= 0.3 is 11.8 Å². The van der Waals surface area contributed by atoms with E-state index in [1.807, 2.05) is 0 Å². The average molecular weight is 398 g/mol. The fourth-order valence-electron chi connectivity index (χ4n) is 2.71. The van der Waals surface area contributed by atoms with E-state index in [-0.39, 0.29) is 35.0 Å². The second-order valence-electron chi connectivity index (χ2n) is 6.81. The molecule has 144 valence electrons. The van der Waals surface area contributed by atoms with Gasteiger partial charge in [-0.25, -0.2) is 14.2 Å². The number of nitrogens with one attached hydrogen (secondary N) is 1. The van der Waals surface area contributed by atoms with E-state index in [0.29, 0.717) is 5.52 Å². The molecule has 10 heteroatoms. The zero-order chi connectivity index (χ0) is 19.9. The van der Waals surface area contributed by atoms with E-state index in [2.05, 4.69) is 15.3 Å². The Bertz CT molecular complexity index is 1070. The second kappa shape index (κ2) is 6.90. The van der Waals surface area contributed by atoms with Crippen molar-refractivity contribution in [1.29, 1.82) is 0 Å². The normalized spacial score (nSPS) is 12.0. The average Bonchev–Trinajstić information content (AvgIpc) is 2.83. The first-order chi connectivity index (χ1) is 12.6. The van der Waals surface area contributed by atoms with Crippen molar-refractivity contribution in [2.45, 2.75) is 32.4 Å². The number of benzene rings is 1. The quantitative estimate of drug-likeness (QED) is 0.646. The van der Waals surface area contributed by atoms with Gasteiger partial charge in [-0.2, -0.15) is 9.37 Å². The Balaban J connectivity index is 2.10. The van der Waals surface area contributed by atoms with Crippen LogP contribution in [0.15, 0.2) is 23.1 Å². The summed E-state index contributed by atoms with van der Waals surface area (Å²) in [7, 11) is 1.54. The minimum atomic E-state index is -1.01. The van der Waals surface area contributed by atoms with E-state index in [1.54, 1.807) is 19.9 Å². The highest BCUT2D eigenvalue weighted by atomic mass is 35.5. The molecule has 0 aliphatic rings. The van der Waals surface area contributed by atoms with Crippen LogP contribution in [0, 0.1) is 11.9 Å². The number of aryl methyl sites for hydroxylation is 2. The summed E-state index contributed by atoms with van der Waals surface area (Å²) < 4.78 is 31.0. The highest BCUT2D eigenvalue weighted by Crippen LogP contribution is 2.29. The number of aromatic nitrogens is 4. The van der Waals surface area contributed by atoms with Crippen LogP contribution in [0.4, 0.5) is 20.3 Å². The highest BCUT2D eigenvalue weighted by Gasteiger charge is 2.21. The molecule has 3 rings (SSSR count). The van der Waals surface area contributed by atoms with Crippen LogP contribution in [0.5, 0.6) is 0 Å². The summed E-state index contributed by atoms with van der Waals surface area (Å²) in [5, 5.41) is 12.6.